The highest BCUT2D eigenvalue weighted by Crippen LogP contribution is 2.23. The van der Waals surface area contributed by atoms with Crippen molar-refractivity contribution in [2.24, 2.45) is 5.41 Å². The van der Waals surface area contributed by atoms with Crippen LogP contribution in [0.4, 0.5) is 0 Å². The van der Waals surface area contributed by atoms with E-state index in [0.717, 1.165) is 23.9 Å². The van der Waals surface area contributed by atoms with Gasteiger partial charge in [-0.05, 0) is 35.4 Å². The molecular weight excluding hydrogens is 260 g/mol. The topological polar surface area (TPSA) is 44.9 Å². The first-order chi connectivity index (χ1) is 10.0. The molecule has 2 aromatic rings. The molecule has 1 amide bonds. The lowest BCUT2D eigenvalue weighted by Gasteiger charge is -2.25. The lowest BCUT2D eigenvalue weighted by atomic mass is 9.87. The first-order valence-electron chi connectivity index (χ1n) is 7.87. The Morgan fingerprint density at radius 3 is 2.81 bits per heavy atom. The molecule has 21 heavy (non-hydrogen) atoms. The van der Waals surface area contributed by atoms with Gasteiger partial charge < -0.3 is 10.3 Å². The van der Waals surface area contributed by atoms with Gasteiger partial charge in [-0.2, -0.15) is 0 Å². The van der Waals surface area contributed by atoms with Crippen LogP contribution in [-0.2, 0) is 0 Å². The van der Waals surface area contributed by atoms with Gasteiger partial charge in [-0.25, -0.2) is 0 Å². The summed E-state index contributed by atoms with van der Waals surface area (Å²) in [7, 11) is 0. The maximum atomic E-state index is 12.3. The largest absolute Gasteiger partial charge is 0.361 e. The highest BCUT2D eigenvalue weighted by atomic mass is 16.1. The third-order valence-corrected chi connectivity index (χ3v) is 4.00. The highest BCUT2D eigenvalue weighted by molar-refractivity contribution is 5.97. The van der Waals surface area contributed by atoms with Crippen LogP contribution in [0.15, 0.2) is 30.5 Å². The molecule has 0 radical (unpaired) electrons. The Hall–Kier alpha value is -1.77. The number of nitrogens with one attached hydrogen (secondary N) is 2. The van der Waals surface area contributed by atoms with E-state index in [4.69, 9.17) is 0 Å². The van der Waals surface area contributed by atoms with Crippen molar-refractivity contribution in [2.75, 3.05) is 6.54 Å². The Bertz CT molecular complexity index is 598. The van der Waals surface area contributed by atoms with Gasteiger partial charge >= 0.3 is 0 Å². The minimum Gasteiger partial charge on any atom is -0.361 e. The molecule has 1 heterocycles. The first kappa shape index (κ1) is 15.6. The Kier molecular flexibility index (Phi) is 5.05. The Balaban J connectivity index is 1.91. The lowest BCUT2D eigenvalue weighted by Crippen LogP contribution is -2.34. The number of hydrogen-bond acceptors (Lipinski definition) is 1. The van der Waals surface area contributed by atoms with Crippen LogP contribution in [0.25, 0.3) is 10.9 Å². The molecular formula is C18H26N2O. The van der Waals surface area contributed by atoms with Gasteiger partial charge in [0, 0.05) is 23.8 Å². The number of aromatic nitrogens is 1. The zero-order valence-electron chi connectivity index (χ0n) is 13.3. The quantitative estimate of drug-likeness (QED) is 0.723. The molecule has 2 N–H and O–H groups in total. The Labute approximate surface area is 127 Å². The smallest absolute Gasteiger partial charge is 0.251 e. The number of H-pyrrole nitrogens is 1. The molecule has 0 saturated carbocycles. The standard InChI is InChI=1S/C18H26N2O/c1-4-5-6-10-18(2,3)13-20-17(21)15-8-7-14-9-11-19-16(14)12-15/h7-9,11-12,19H,4-6,10,13H2,1-3H3,(H,20,21). The minimum absolute atomic E-state index is 0.00932. The average molecular weight is 286 g/mol. The van der Waals surface area contributed by atoms with Crippen molar-refractivity contribution < 1.29 is 4.79 Å². The lowest BCUT2D eigenvalue weighted by molar-refractivity contribution is 0.0934. The van der Waals surface area contributed by atoms with Gasteiger partial charge in [0.25, 0.3) is 5.91 Å². The van der Waals surface area contributed by atoms with Gasteiger partial charge in [-0.1, -0.05) is 46.1 Å². The van der Waals surface area contributed by atoms with Crippen molar-refractivity contribution in [2.45, 2.75) is 46.5 Å². The number of benzene rings is 1. The molecule has 2 rings (SSSR count). The van der Waals surface area contributed by atoms with Crippen molar-refractivity contribution >= 4 is 16.8 Å². The molecule has 3 nitrogen and oxygen atoms in total. The predicted octanol–water partition coefficient (Wildman–Crippen LogP) is 4.50. The minimum atomic E-state index is 0.00932. The molecule has 114 valence electrons. The molecule has 0 atom stereocenters. The van der Waals surface area contributed by atoms with Gasteiger partial charge in [0.2, 0.25) is 0 Å². The van der Waals surface area contributed by atoms with E-state index >= 15 is 0 Å². The van der Waals surface area contributed by atoms with E-state index in [2.05, 4.69) is 31.1 Å². The number of aromatic amines is 1. The fourth-order valence-electron chi connectivity index (χ4n) is 2.55. The molecule has 3 heteroatoms. The average Bonchev–Trinajstić information content (AvgIpc) is 2.92. The zero-order chi connectivity index (χ0) is 15.3. The van der Waals surface area contributed by atoms with E-state index in [0.29, 0.717) is 5.56 Å². The number of fused-ring (bicyclic) bond motifs is 1. The van der Waals surface area contributed by atoms with Crippen LogP contribution in [0.5, 0.6) is 0 Å². The van der Waals surface area contributed by atoms with E-state index < -0.39 is 0 Å². The van der Waals surface area contributed by atoms with Crippen molar-refractivity contribution in [1.82, 2.24) is 10.3 Å². The van der Waals surface area contributed by atoms with E-state index in [1.165, 1.54) is 19.3 Å². The summed E-state index contributed by atoms with van der Waals surface area (Å²) in [6.07, 6.45) is 6.77. The van der Waals surface area contributed by atoms with Gasteiger partial charge in [0.05, 0.1) is 0 Å². The van der Waals surface area contributed by atoms with E-state index in [-0.39, 0.29) is 11.3 Å². The second-order valence-electron chi connectivity index (χ2n) is 6.58. The Morgan fingerprint density at radius 1 is 1.24 bits per heavy atom. The first-order valence-corrected chi connectivity index (χ1v) is 7.87. The summed E-state index contributed by atoms with van der Waals surface area (Å²) >= 11 is 0. The van der Waals surface area contributed by atoms with Gasteiger partial charge in [0.1, 0.15) is 0 Å². The van der Waals surface area contributed by atoms with Gasteiger partial charge in [0.15, 0.2) is 0 Å². The Morgan fingerprint density at radius 2 is 2.05 bits per heavy atom. The number of unbranched alkanes of at least 4 members (excludes halogenated alkanes) is 2. The van der Waals surface area contributed by atoms with Crippen LogP contribution in [0.2, 0.25) is 0 Å². The van der Waals surface area contributed by atoms with Crippen molar-refractivity contribution in [1.29, 1.82) is 0 Å². The van der Waals surface area contributed by atoms with Gasteiger partial charge in [-0.3, -0.25) is 4.79 Å². The zero-order valence-corrected chi connectivity index (χ0v) is 13.3. The van der Waals surface area contributed by atoms with Crippen molar-refractivity contribution in [3.8, 4) is 0 Å². The second-order valence-corrected chi connectivity index (χ2v) is 6.58. The monoisotopic (exact) mass is 286 g/mol. The summed E-state index contributed by atoms with van der Waals surface area (Å²) in [6, 6.07) is 7.78. The third-order valence-electron chi connectivity index (χ3n) is 4.00. The fourth-order valence-corrected chi connectivity index (χ4v) is 2.55. The molecule has 0 spiro atoms. The molecule has 0 fully saturated rings. The van der Waals surface area contributed by atoms with Crippen molar-refractivity contribution in [3.63, 3.8) is 0 Å². The van der Waals surface area contributed by atoms with Crippen LogP contribution in [0, 0.1) is 5.41 Å². The molecule has 0 aliphatic carbocycles. The number of carbonyl (C=O) groups is 1. The third kappa shape index (κ3) is 4.35. The van der Waals surface area contributed by atoms with Crippen LogP contribution in [0.3, 0.4) is 0 Å². The predicted molar refractivity (Wildman–Crippen MR) is 88.6 cm³/mol. The summed E-state index contributed by atoms with van der Waals surface area (Å²) in [5.74, 6) is 0.00932. The summed E-state index contributed by atoms with van der Waals surface area (Å²) in [6.45, 7) is 7.37. The van der Waals surface area contributed by atoms with Crippen LogP contribution >= 0.6 is 0 Å². The highest BCUT2D eigenvalue weighted by Gasteiger charge is 2.18. The number of carbonyl (C=O) groups excluding carboxylic acids is 1. The summed E-state index contributed by atoms with van der Waals surface area (Å²) in [5, 5.41) is 4.20. The van der Waals surface area contributed by atoms with Crippen molar-refractivity contribution in [3.05, 3.63) is 36.0 Å². The molecule has 0 bridgehead atoms. The van der Waals surface area contributed by atoms with E-state index in [1.807, 2.05) is 30.5 Å². The maximum absolute atomic E-state index is 12.3. The molecule has 0 saturated heterocycles. The van der Waals surface area contributed by atoms with Crippen LogP contribution in [0.1, 0.15) is 56.8 Å². The second kappa shape index (κ2) is 6.79. The number of rotatable bonds is 7. The van der Waals surface area contributed by atoms with E-state index in [9.17, 15) is 4.79 Å². The molecule has 0 aliphatic heterocycles. The molecule has 1 aromatic carbocycles. The number of hydrogen-bond donors (Lipinski definition) is 2. The fraction of sp³-hybridized carbons (Fsp3) is 0.500. The van der Waals surface area contributed by atoms with E-state index in [1.54, 1.807) is 0 Å². The molecule has 0 unspecified atom stereocenters. The van der Waals surface area contributed by atoms with Gasteiger partial charge in [-0.15, -0.1) is 0 Å². The SMILES string of the molecule is CCCCCC(C)(C)CNC(=O)c1ccc2cc[nH]c2c1. The molecule has 1 aromatic heterocycles. The summed E-state index contributed by atoms with van der Waals surface area (Å²) < 4.78 is 0. The molecule has 0 aliphatic rings. The maximum Gasteiger partial charge on any atom is 0.251 e. The normalized spacial score (nSPS) is 11.8. The summed E-state index contributed by atoms with van der Waals surface area (Å²) in [5.41, 5.74) is 1.88. The number of amides is 1. The van der Waals surface area contributed by atoms with Crippen LogP contribution < -0.4 is 5.32 Å². The van der Waals surface area contributed by atoms with Crippen LogP contribution in [-0.4, -0.2) is 17.4 Å². The summed E-state index contributed by atoms with van der Waals surface area (Å²) in [4.78, 5) is 15.4.